The Balaban J connectivity index is 0.00000312. The monoisotopic (exact) mass is 455 g/mol. The minimum Gasteiger partial charge on any atom is -0.357 e. The summed E-state index contributed by atoms with van der Waals surface area (Å²) in [6.45, 7) is 9.34. The fourth-order valence-corrected chi connectivity index (χ4v) is 2.99. The Labute approximate surface area is 168 Å². The molecule has 1 aromatic rings. The predicted octanol–water partition coefficient (Wildman–Crippen LogP) is 3.11. The van der Waals surface area contributed by atoms with Crippen LogP contribution in [0.25, 0.3) is 0 Å². The van der Waals surface area contributed by atoms with Crippen molar-refractivity contribution >= 4 is 29.9 Å². The number of rotatable bonds is 6. The van der Waals surface area contributed by atoms with Crippen LogP contribution in [0.3, 0.4) is 0 Å². The van der Waals surface area contributed by atoms with Crippen molar-refractivity contribution in [1.29, 1.82) is 5.26 Å². The lowest BCUT2D eigenvalue weighted by atomic mass is 10.1. The highest BCUT2D eigenvalue weighted by molar-refractivity contribution is 14.0. The lowest BCUT2D eigenvalue weighted by Gasteiger charge is -2.32. The number of likely N-dealkylation sites (tertiary alicyclic amines) is 1. The van der Waals surface area contributed by atoms with Crippen molar-refractivity contribution < 1.29 is 0 Å². The van der Waals surface area contributed by atoms with E-state index < -0.39 is 0 Å². The standard InChI is InChI=1S/C19H29N5.HI/c1-3-11-24-12-9-18(10-13-24)23-19(21-4-2)22-15-17-7-5-16(14-20)6-8-17;/h5-8,18H,3-4,9-13,15H2,1-2H3,(H2,21,22,23);1H. The average Bonchev–Trinajstić information content (AvgIpc) is 2.62. The number of hydrogen-bond acceptors (Lipinski definition) is 3. The van der Waals surface area contributed by atoms with Crippen LogP contribution in [0.4, 0.5) is 0 Å². The first-order valence-electron chi connectivity index (χ1n) is 9.01. The smallest absolute Gasteiger partial charge is 0.191 e. The largest absolute Gasteiger partial charge is 0.357 e. The molecule has 6 heteroatoms. The molecule has 0 aromatic heterocycles. The molecule has 0 bridgehead atoms. The topological polar surface area (TPSA) is 63.5 Å². The highest BCUT2D eigenvalue weighted by atomic mass is 127. The zero-order valence-electron chi connectivity index (χ0n) is 15.3. The van der Waals surface area contributed by atoms with Crippen LogP contribution >= 0.6 is 24.0 Å². The van der Waals surface area contributed by atoms with Crippen molar-refractivity contribution in [3.05, 3.63) is 35.4 Å². The molecule has 2 N–H and O–H groups in total. The molecule has 0 radical (unpaired) electrons. The van der Waals surface area contributed by atoms with Gasteiger partial charge in [-0.05, 0) is 50.4 Å². The third-order valence-electron chi connectivity index (χ3n) is 4.32. The Kier molecular flexibility index (Phi) is 10.5. The Bertz CT molecular complexity index is 556. The van der Waals surface area contributed by atoms with Crippen LogP contribution in [0.2, 0.25) is 0 Å². The summed E-state index contributed by atoms with van der Waals surface area (Å²) >= 11 is 0. The first-order chi connectivity index (χ1) is 11.7. The molecule has 1 fully saturated rings. The van der Waals surface area contributed by atoms with Crippen molar-refractivity contribution in [2.45, 2.75) is 45.7 Å². The van der Waals surface area contributed by atoms with Crippen molar-refractivity contribution in [2.75, 3.05) is 26.2 Å². The maximum absolute atomic E-state index is 8.85. The third-order valence-corrected chi connectivity index (χ3v) is 4.32. The first kappa shape index (κ1) is 21.7. The molecule has 0 atom stereocenters. The van der Waals surface area contributed by atoms with Gasteiger partial charge in [-0.1, -0.05) is 19.1 Å². The van der Waals surface area contributed by atoms with E-state index in [0.29, 0.717) is 18.2 Å². The minimum absolute atomic E-state index is 0. The predicted molar refractivity (Wildman–Crippen MR) is 114 cm³/mol. The quantitative estimate of drug-likeness (QED) is 0.393. The lowest BCUT2D eigenvalue weighted by Crippen LogP contribution is -2.48. The Morgan fingerprint density at radius 1 is 1.24 bits per heavy atom. The van der Waals surface area contributed by atoms with Gasteiger partial charge < -0.3 is 15.5 Å². The fourth-order valence-electron chi connectivity index (χ4n) is 2.99. The summed E-state index contributed by atoms with van der Waals surface area (Å²) in [5, 5.41) is 15.8. The second-order valence-corrected chi connectivity index (χ2v) is 6.26. The number of hydrogen-bond donors (Lipinski definition) is 2. The number of nitriles is 1. The molecule has 1 aliphatic heterocycles. The molecule has 1 heterocycles. The van der Waals surface area contributed by atoms with Gasteiger partial charge in [-0.2, -0.15) is 5.26 Å². The average molecular weight is 455 g/mol. The van der Waals surface area contributed by atoms with Gasteiger partial charge in [0.15, 0.2) is 5.96 Å². The van der Waals surface area contributed by atoms with E-state index in [2.05, 4.69) is 40.4 Å². The van der Waals surface area contributed by atoms with Crippen molar-refractivity contribution in [2.24, 2.45) is 4.99 Å². The molecule has 1 saturated heterocycles. The fraction of sp³-hybridized carbons (Fsp3) is 0.579. The SMILES string of the molecule is CCCN1CCC(NC(=NCc2ccc(C#N)cc2)NCC)CC1.I. The summed E-state index contributed by atoms with van der Waals surface area (Å²) in [7, 11) is 0. The highest BCUT2D eigenvalue weighted by Gasteiger charge is 2.19. The third kappa shape index (κ3) is 7.61. The molecule has 25 heavy (non-hydrogen) atoms. The molecular formula is C19H30IN5. The molecule has 5 nitrogen and oxygen atoms in total. The zero-order chi connectivity index (χ0) is 17.2. The first-order valence-corrected chi connectivity index (χ1v) is 9.01. The summed E-state index contributed by atoms with van der Waals surface area (Å²) in [6, 6.07) is 10.3. The number of nitrogens with one attached hydrogen (secondary N) is 2. The van der Waals surface area contributed by atoms with E-state index in [-0.39, 0.29) is 24.0 Å². The second kappa shape index (κ2) is 12.1. The van der Waals surface area contributed by atoms with Gasteiger partial charge in [0.25, 0.3) is 0 Å². The van der Waals surface area contributed by atoms with Gasteiger partial charge in [-0.25, -0.2) is 4.99 Å². The van der Waals surface area contributed by atoms with Crippen LogP contribution in [0.15, 0.2) is 29.3 Å². The maximum atomic E-state index is 8.85. The molecular weight excluding hydrogens is 425 g/mol. The number of benzene rings is 1. The minimum atomic E-state index is 0. The van der Waals surface area contributed by atoms with E-state index in [9.17, 15) is 0 Å². The summed E-state index contributed by atoms with van der Waals surface area (Å²) in [6.07, 6.45) is 3.56. The number of nitrogens with zero attached hydrogens (tertiary/aromatic N) is 3. The number of aliphatic imine (C=N–C) groups is 1. The Morgan fingerprint density at radius 2 is 1.92 bits per heavy atom. The van der Waals surface area contributed by atoms with E-state index in [1.54, 1.807) is 0 Å². The highest BCUT2D eigenvalue weighted by Crippen LogP contribution is 2.11. The summed E-state index contributed by atoms with van der Waals surface area (Å²) in [5.74, 6) is 0.885. The summed E-state index contributed by atoms with van der Waals surface area (Å²) < 4.78 is 0. The van der Waals surface area contributed by atoms with E-state index >= 15 is 0 Å². The number of halogens is 1. The molecule has 0 saturated carbocycles. The molecule has 0 aliphatic carbocycles. The second-order valence-electron chi connectivity index (χ2n) is 6.26. The summed E-state index contributed by atoms with van der Waals surface area (Å²) in [4.78, 5) is 7.23. The van der Waals surface area contributed by atoms with Gasteiger partial charge >= 0.3 is 0 Å². The van der Waals surface area contributed by atoms with Crippen LogP contribution in [0.1, 0.15) is 44.2 Å². The number of guanidine groups is 1. The van der Waals surface area contributed by atoms with Crippen LogP contribution in [-0.2, 0) is 6.54 Å². The van der Waals surface area contributed by atoms with Gasteiger partial charge in [-0.15, -0.1) is 24.0 Å². The van der Waals surface area contributed by atoms with Crippen molar-refractivity contribution in [3.63, 3.8) is 0 Å². The van der Waals surface area contributed by atoms with Gasteiger partial charge in [0.05, 0.1) is 18.2 Å². The van der Waals surface area contributed by atoms with Crippen LogP contribution in [-0.4, -0.2) is 43.1 Å². The van der Waals surface area contributed by atoms with Crippen molar-refractivity contribution in [1.82, 2.24) is 15.5 Å². The molecule has 2 rings (SSSR count). The maximum Gasteiger partial charge on any atom is 0.191 e. The van der Waals surface area contributed by atoms with Crippen LogP contribution < -0.4 is 10.6 Å². The Hall–Kier alpha value is -1.33. The van der Waals surface area contributed by atoms with Crippen LogP contribution in [0.5, 0.6) is 0 Å². The van der Waals surface area contributed by atoms with E-state index in [1.165, 1.54) is 38.9 Å². The number of piperidine rings is 1. The van der Waals surface area contributed by atoms with Gasteiger partial charge in [-0.3, -0.25) is 0 Å². The molecule has 0 spiro atoms. The molecule has 1 aliphatic rings. The van der Waals surface area contributed by atoms with E-state index in [1.807, 2.05) is 24.3 Å². The van der Waals surface area contributed by atoms with Gasteiger partial charge in [0.2, 0.25) is 0 Å². The van der Waals surface area contributed by atoms with E-state index in [4.69, 9.17) is 5.26 Å². The zero-order valence-corrected chi connectivity index (χ0v) is 17.6. The lowest BCUT2D eigenvalue weighted by molar-refractivity contribution is 0.206. The summed E-state index contributed by atoms with van der Waals surface area (Å²) in [5.41, 5.74) is 1.80. The van der Waals surface area contributed by atoms with Crippen LogP contribution in [0, 0.1) is 11.3 Å². The molecule has 138 valence electrons. The van der Waals surface area contributed by atoms with Gasteiger partial charge in [0, 0.05) is 25.7 Å². The van der Waals surface area contributed by atoms with E-state index in [0.717, 1.165) is 18.1 Å². The molecule has 0 amide bonds. The Morgan fingerprint density at radius 3 is 2.48 bits per heavy atom. The van der Waals surface area contributed by atoms with Gasteiger partial charge in [0.1, 0.15) is 0 Å². The molecule has 1 aromatic carbocycles. The van der Waals surface area contributed by atoms with Crippen molar-refractivity contribution in [3.8, 4) is 6.07 Å². The molecule has 0 unspecified atom stereocenters. The normalized spacial score (nSPS) is 16.0.